The van der Waals surface area contributed by atoms with Crippen LogP contribution in [-0.4, -0.2) is 38.8 Å². The standard InChI is InChI=1S/C11H18N4O4.Na/c1-6(9-12-5-15(4)14-9)13-10(16)7(2)19-8(3)11(17)18;/h5-8H,1-4H3,(H,13,16)(H,17,18);/q;+1/p-1. The van der Waals surface area contributed by atoms with E-state index in [4.69, 9.17) is 4.74 Å². The molecule has 0 saturated carbocycles. The number of aromatic nitrogens is 3. The number of aliphatic carboxylic acids is 1. The summed E-state index contributed by atoms with van der Waals surface area (Å²) in [6, 6.07) is -0.391. The number of carbonyl (C=O) groups excluding carboxylic acids is 2. The van der Waals surface area contributed by atoms with E-state index in [1.165, 1.54) is 24.9 Å². The molecule has 9 heteroatoms. The smallest absolute Gasteiger partial charge is 0.547 e. The van der Waals surface area contributed by atoms with Gasteiger partial charge in [0.15, 0.2) is 5.82 Å². The SMILES string of the molecule is CC(OC(C)C(=O)NC(C)c1ncn(C)n1)C(=O)[O-].[Na+]. The molecule has 0 aliphatic carbocycles. The zero-order valence-electron chi connectivity index (χ0n) is 12.3. The van der Waals surface area contributed by atoms with Gasteiger partial charge in [0.2, 0.25) is 5.91 Å². The number of carbonyl (C=O) groups is 2. The molecule has 3 unspecified atom stereocenters. The minimum absolute atomic E-state index is 0. The van der Waals surface area contributed by atoms with Gasteiger partial charge < -0.3 is 20.0 Å². The van der Waals surface area contributed by atoms with Gasteiger partial charge in [0.25, 0.3) is 0 Å². The maximum absolute atomic E-state index is 11.8. The molecule has 106 valence electrons. The monoisotopic (exact) mass is 292 g/mol. The van der Waals surface area contributed by atoms with Crippen molar-refractivity contribution in [3.63, 3.8) is 0 Å². The predicted octanol–water partition coefficient (Wildman–Crippen LogP) is -4.46. The largest absolute Gasteiger partial charge is 1.00 e. The molecule has 0 aliphatic rings. The van der Waals surface area contributed by atoms with Gasteiger partial charge in [0, 0.05) is 7.05 Å². The summed E-state index contributed by atoms with van der Waals surface area (Å²) in [5, 5.41) is 17.2. The third kappa shape index (κ3) is 5.58. The molecule has 1 rings (SSSR count). The van der Waals surface area contributed by atoms with Crippen molar-refractivity contribution in [1.29, 1.82) is 0 Å². The zero-order valence-corrected chi connectivity index (χ0v) is 14.3. The number of rotatable bonds is 6. The van der Waals surface area contributed by atoms with Gasteiger partial charge in [0.1, 0.15) is 12.4 Å². The van der Waals surface area contributed by atoms with E-state index >= 15 is 0 Å². The molecule has 0 aliphatic heterocycles. The molecule has 8 nitrogen and oxygen atoms in total. The topological polar surface area (TPSA) is 109 Å². The summed E-state index contributed by atoms with van der Waals surface area (Å²) in [5.41, 5.74) is 0. The second-order valence-electron chi connectivity index (χ2n) is 4.25. The van der Waals surface area contributed by atoms with Crippen molar-refractivity contribution in [3.8, 4) is 0 Å². The van der Waals surface area contributed by atoms with Gasteiger partial charge in [-0.2, -0.15) is 5.10 Å². The summed E-state index contributed by atoms with van der Waals surface area (Å²) in [7, 11) is 1.72. The van der Waals surface area contributed by atoms with Crippen molar-refractivity contribution >= 4 is 11.9 Å². The molecule has 1 aromatic rings. The minimum atomic E-state index is -1.36. The van der Waals surface area contributed by atoms with Gasteiger partial charge in [-0.1, -0.05) is 0 Å². The van der Waals surface area contributed by atoms with Crippen LogP contribution in [0.3, 0.4) is 0 Å². The number of amides is 1. The number of hydrogen-bond acceptors (Lipinski definition) is 6. The molecular weight excluding hydrogens is 275 g/mol. The maximum atomic E-state index is 11.8. The van der Waals surface area contributed by atoms with E-state index < -0.39 is 30.1 Å². The minimum Gasteiger partial charge on any atom is -0.547 e. The molecule has 0 fully saturated rings. The summed E-state index contributed by atoms with van der Waals surface area (Å²) < 4.78 is 6.52. The van der Waals surface area contributed by atoms with Gasteiger partial charge >= 0.3 is 29.6 Å². The van der Waals surface area contributed by atoms with E-state index in [0.29, 0.717) is 5.82 Å². The molecule has 0 spiro atoms. The fraction of sp³-hybridized carbons (Fsp3) is 0.636. The van der Waals surface area contributed by atoms with Crippen LogP contribution in [0.4, 0.5) is 0 Å². The van der Waals surface area contributed by atoms with Crippen LogP contribution < -0.4 is 40.0 Å². The predicted molar refractivity (Wildman–Crippen MR) is 62.6 cm³/mol. The summed E-state index contributed by atoms with van der Waals surface area (Å²) in [4.78, 5) is 26.3. The number of nitrogens with one attached hydrogen (secondary N) is 1. The van der Waals surface area contributed by atoms with Crippen LogP contribution in [-0.2, 0) is 21.4 Å². The molecule has 20 heavy (non-hydrogen) atoms. The summed E-state index contributed by atoms with van der Waals surface area (Å²) in [6.45, 7) is 4.50. The van der Waals surface area contributed by atoms with Crippen LogP contribution >= 0.6 is 0 Å². The number of carboxylic acids is 1. The summed E-state index contributed by atoms with van der Waals surface area (Å²) in [6.07, 6.45) is -0.529. The Hall–Kier alpha value is -0.960. The molecule has 0 bridgehead atoms. The number of hydrogen-bond donors (Lipinski definition) is 1. The molecule has 0 radical (unpaired) electrons. The Kier molecular flexibility index (Phi) is 7.95. The Morgan fingerprint density at radius 3 is 2.40 bits per heavy atom. The second-order valence-corrected chi connectivity index (χ2v) is 4.25. The van der Waals surface area contributed by atoms with Crippen LogP contribution in [0.2, 0.25) is 0 Å². The number of carboxylic acid groups (broad SMARTS) is 1. The van der Waals surface area contributed by atoms with Crippen LogP contribution in [0.5, 0.6) is 0 Å². The first-order valence-corrected chi connectivity index (χ1v) is 5.83. The number of ether oxygens (including phenoxy) is 1. The van der Waals surface area contributed by atoms with Crippen molar-refractivity contribution in [2.75, 3.05) is 0 Å². The van der Waals surface area contributed by atoms with E-state index in [-0.39, 0.29) is 29.6 Å². The first kappa shape index (κ1) is 19.0. The molecular formula is C11H17N4NaO4. The number of nitrogens with zero attached hydrogens (tertiary/aromatic N) is 3. The van der Waals surface area contributed by atoms with Crippen LogP contribution in [0.1, 0.15) is 32.6 Å². The third-order valence-corrected chi connectivity index (χ3v) is 2.47. The normalized spacial score (nSPS) is 14.8. The van der Waals surface area contributed by atoms with E-state index in [9.17, 15) is 14.7 Å². The molecule has 3 atom stereocenters. The Bertz CT molecular complexity index is 465. The van der Waals surface area contributed by atoms with E-state index in [0.717, 1.165) is 0 Å². The fourth-order valence-corrected chi connectivity index (χ4v) is 1.37. The van der Waals surface area contributed by atoms with Crippen molar-refractivity contribution in [3.05, 3.63) is 12.2 Å². The molecule has 1 aromatic heterocycles. The van der Waals surface area contributed by atoms with E-state index in [2.05, 4.69) is 15.4 Å². The van der Waals surface area contributed by atoms with Gasteiger partial charge in [0.05, 0.1) is 18.1 Å². The Morgan fingerprint density at radius 1 is 1.35 bits per heavy atom. The average molecular weight is 292 g/mol. The Labute approximate surface area is 139 Å². The molecule has 1 N–H and O–H groups in total. The van der Waals surface area contributed by atoms with E-state index in [1.807, 2.05) is 0 Å². The average Bonchev–Trinajstić information content (AvgIpc) is 2.75. The van der Waals surface area contributed by atoms with Crippen molar-refractivity contribution in [2.24, 2.45) is 7.05 Å². The number of aryl methyl sites for hydroxylation is 1. The van der Waals surface area contributed by atoms with Crippen molar-refractivity contribution < 1.29 is 49.0 Å². The fourth-order valence-electron chi connectivity index (χ4n) is 1.37. The van der Waals surface area contributed by atoms with Crippen molar-refractivity contribution in [1.82, 2.24) is 20.1 Å². The van der Waals surface area contributed by atoms with Gasteiger partial charge in [-0.25, -0.2) is 4.98 Å². The molecule has 1 amide bonds. The maximum Gasteiger partial charge on any atom is 1.00 e. The van der Waals surface area contributed by atoms with Gasteiger partial charge in [-0.3, -0.25) is 9.48 Å². The van der Waals surface area contributed by atoms with Crippen LogP contribution in [0, 0.1) is 0 Å². The molecule has 1 heterocycles. The van der Waals surface area contributed by atoms with Crippen LogP contribution in [0.15, 0.2) is 6.33 Å². The Balaban J connectivity index is 0.00000361. The van der Waals surface area contributed by atoms with Crippen LogP contribution in [0.25, 0.3) is 0 Å². The first-order valence-electron chi connectivity index (χ1n) is 5.83. The van der Waals surface area contributed by atoms with Crippen molar-refractivity contribution in [2.45, 2.75) is 39.0 Å². The van der Waals surface area contributed by atoms with Gasteiger partial charge in [-0.15, -0.1) is 0 Å². The quantitative estimate of drug-likeness (QED) is 0.530. The van der Waals surface area contributed by atoms with Gasteiger partial charge in [-0.05, 0) is 20.8 Å². The summed E-state index contributed by atoms with van der Waals surface area (Å²) in [5.74, 6) is -1.33. The third-order valence-electron chi connectivity index (χ3n) is 2.47. The summed E-state index contributed by atoms with van der Waals surface area (Å²) >= 11 is 0. The first-order chi connectivity index (χ1) is 8.81. The zero-order chi connectivity index (χ0) is 14.6. The molecule has 0 aromatic carbocycles. The molecule has 0 saturated heterocycles. The Morgan fingerprint density at radius 2 is 1.95 bits per heavy atom. The second kappa shape index (κ2) is 8.35. The van der Waals surface area contributed by atoms with E-state index in [1.54, 1.807) is 14.0 Å².